The van der Waals surface area contributed by atoms with Gasteiger partial charge < -0.3 is 5.32 Å². The minimum atomic E-state index is 0.660. The SMILES string of the molecule is CCCN(CNC)C(C)C. The predicted octanol–water partition coefficient (Wildman–Crippen LogP) is 1.28. The molecule has 2 heteroatoms. The Morgan fingerprint density at radius 3 is 2.30 bits per heavy atom. The summed E-state index contributed by atoms with van der Waals surface area (Å²) >= 11 is 0. The third-order valence-corrected chi connectivity index (χ3v) is 1.60. The molecular weight excluding hydrogens is 124 g/mol. The molecule has 0 aromatic heterocycles. The van der Waals surface area contributed by atoms with Crippen molar-refractivity contribution in [2.45, 2.75) is 33.2 Å². The topological polar surface area (TPSA) is 15.3 Å². The van der Waals surface area contributed by atoms with Crippen molar-refractivity contribution in [3.63, 3.8) is 0 Å². The van der Waals surface area contributed by atoms with Gasteiger partial charge in [-0.05, 0) is 33.9 Å². The van der Waals surface area contributed by atoms with Crippen molar-refractivity contribution in [1.29, 1.82) is 0 Å². The fourth-order valence-corrected chi connectivity index (χ4v) is 1.01. The molecule has 0 aliphatic rings. The van der Waals surface area contributed by atoms with Gasteiger partial charge in [0.25, 0.3) is 0 Å². The Hall–Kier alpha value is -0.0800. The fourth-order valence-electron chi connectivity index (χ4n) is 1.01. The first kappa shape index (κ1) is 9.92. The van der Waals surface area contributed by atoms with E-state index in [1.165, 1.54) is 13.0 Å². The van der Waals surface area contributed by atoms with Gasteiger partial charge in [-0.25, -0.2) is 0 Å². The van der Waals surface area contributed by atoms with Crippen molar-refractivity contribution < 1.29 is 0 Å². The van der Waals surface area contributed by atoms with Crippen molar-refractivity contribution >= 4 is 0 Å². The van der Waals surface area contributed by atoms with Gasteiger partial charge in [-0.1, -0.05) is 6.92 Å². The summed E-state index contributed by atoms with van der Waals surface area (Å²) in [5, 5.41) is 3.16. The van der Waals surface area contributed by atoms with Crippen LogP contribution in [-0.2, 0) is 0 Å². The average Bonchev–Trinajstić information content (AvgIpc) is 1.87. The van der Waals surface area contributed by atoms with Crippen LogP contribution < -0.4 is 5.32 Å². The highest BCUT2D eigenvalue weighted by molar-refractivity contribution is 4.58. The molecule has 2 nitrogen and oxygen atoms in total. The number of rotatable bonds is 5. The van der Waals surface area contributed by atoms with E-state index >= 15 is 0 Å². The Morgan fingerprint density at radius 1 is 1.40 bits per heavy atom. The van der Waals surface area contributed by atoms with Gasteiger partial charge in [0.1, 0.15) is 0 Å². The molecule has 0 saturated heterocycles. The van der Waals surface area contributed by atoms with Gasteiger partial charge in [0.2, 0.25) is 0 Å². The normalized spacial score (nSPS) is 11.4. The quantitative estimate of drug-likeness (QED) is 0.585. The number of nitrogens with zero attached hydrogens (tertiary/aromatic N) is 1. The Bertz CT molecular complexity index is 65.7. The maximum Gasteiger partial charge on any atom is 0.0480 e. The summed E-state index contributed by atoms with van der Waals surface area (Å²) in [6.45, 7) is 8.87. The first-order valence-electron chi connectivity index (χ1n) is 4.11. The zero-order chi connectivity index (χ0) is 7.98. The van der Waals surface area contributed by atoms with Crippen molar-refractivity contribution in [1.82, 2.24) is 10.2 Å². The molecule has 10 heavy (non-hydrogen) atoms. The second-order valence-corrected chi connectivity index (χ2v) is 2.92. The van der Waals surface area contributed by atoms with E-state index in [-0.39, 0.29) is 0 Å². The number of hydrogen-bond donors (Lipinski definition) is 1. The van der Waals surface area contributed by atoms with E-state index in [0.717, 1.165) is 6.67 Å². The predicted molar refractivity (Wildman–Crippen MR) is 46.1 cm³/mol. The van der Waals surface area contributed by atoms with Gasteiger partial charge in [0, 0.05) is 12.7 Å². The van der Waals surface area contributed by atoms with E-state index < -0.39 is 0 Å². The van der Waals surface area contributed by atoms with Gasteiger partial charge >= 0.3 is 0 Å². The highest BCUT2D eigenvalue weighted by Crippen LogP contribution is 1.96. The zero-order valence-electron chi connectivity index (χ0n) is 7.65. The first-order valence-corrected chi connectivity index (χ1v) is 4.11. The Morgan fingerprint density at radius 2 is 2.00 bits per heavy atom. The van der Waals surface area contributed by atoms with Crippen LogP contribution in [0.1, 0.15) is 27.2 Å². The number of nitrogens with one attached hydrogen (secondary N) is 1. The van der Waals surface area contributed by atoms with Crippen LogP contribution in [0.5, 0.6) is 0 Å². The maximum absolute atomic E-state index is 3.16. The Balaban J connectivity index is 3.50. The molecule has 0 aliphatic carbocycles. The fraction of sp³-hybridized carbons (Fsp3) is 1.00. The molecule has 0 heterocycles. The van der Waals surface area contributed by atoms with E-state index in [1.807, 2.05) is 7.05 Å². The molecule has 0 rings (SSSR count). The third-order valence-electron chi connectivity index (χ3n) is 1.60. The van der Waals surface area contributed by atoms with E-state index in [1.54, 1.807) is 0 Å². The molecule has 0 unspecified atom stereocenters. The van der Waals surface area contributed by atoms with Gasteiger partial charge in [-0.2, -0.15) is 0 Å². The van der Waals surface area contributed by atoms with E-state index in [2.05, 4.69) is 31.0 Å². The summed E-state index contributed by atoms with van der Waals surface area (Å²) in [4.78, 5) is 2.42. The highest BCUT2D eigenvalue weighted by atomic mass is 15.2. The van der Waals surface area contributed by atoms with Crippen LogP contribution in [0, 0.1) is 0 Å². The molecule has 0 radical (unpaired) electrons. The summed E-state index contributed by atoms with van der Waals surface area (Å²) in [7, 11) is 1.99. The lowest BCUT2D eigenvalue weighted by Gasteiger charge is -2.25. The highest BCUT2D eigenvalue weighted by Gasteiger charge is 2.04. The Labute approximate surface area is 64.6 Å². The summed E-state index contributed by atoms with van der Waals surface area (Å²) in [6.07, 6.45) is 1.24. The zero-order valence-corrected chi connectivity index (χ0v) is 7.65. The molecule has 0 bridgehead atoms. The molecule has 1 N–H and O–H groups in total. The van der Waals surface area contributed by atoms with E-state index in [4.69, 9.17) is 0 Å². The monoisotopic (exact) mass is 144 g/mol. The first-order chi connectivity index (χ1) is 4.72. The molecule has 0 aromatic carbocycles. The van der Waals surface area contributed by atoms with E-state index in [9.17, 15) is 0 Å². The minimum absolute atomic E-state index is 0.660. The van der Waals surface area contributed by atoms with Gasteiger partial charge in [0.15, 0.2) is 0 Å². The van der Waals surface area contributed by atoms with Gasteiger partial charge in [-0.3, -0.25) is 4.90 Å². The van der Waals surface area contributed by atoms with Crippen molar-refractivity contribution in [3.8, 4) is 0 Å². The second-order valence-electron chi connectivity index (χ2n) is 2.92. The van der Waals surface area contributed by atoms with Crippen LogP contribution in [-0.4, -0.2) is 31.2 Å². The summed E-state index contributed by atoms with van der Waals surface area (Å²) in [5.41, 5.74) is 0. The number of hydrogen-bond acceptors (Lipinski definition) is 2. The molecule has 0 aliphatic heterocycles. The van der Waals surface area contributed by atoms with Crippen molar-refractivity contribution in [2.24, 2.45) is 0 Å². The van der Waals surface area contributed by atoms with Crippen LogP contribution in [0.4, 0.5) is 0 Å². The van der Waals surface area contributed by atoms with Crippen molar-refractivity contribution in [2.75, 3.05) is 20.3 Å². The molecular formula is C8H20N2. The van der Waals surface area contributed by atoms with Crippen LogP contribution in [0.2, 0.25) is 0 Å². The molecule has 62 valence electrons. The lowest BCUT2D eigenvalue weighted by molar-refractivity contribution is 0.211. The lowest BCUT2D eigenvalue weighted by atomic mass is 10.3. The largest absolute Gasteiger partial charge is 0.307 e. The third kappa shape index (κ3) is 3.85. The molecule has 0 amide bonds. The molecule has 0 spiro atoms. The molecule has 0 atom stereocenters. The summed E-state index contributed by atoms with van der Waals surface area (Å²) < 4.78 is 0. The van der Waals surface area contributed by atoms with Crippen LogP contribution in [0.25, 0.3) is 0 Å². The summed E-state index contributed by atoms with van der Waals surface area (Å²) in [6, 6.07) is 0.660. The van der Waals surface area contributed by atoms with Crippen molar-refractivity contribution in [3.05, 3.63) is 0 Å². The standard InChI is InChI=1S/C8H20N2/c1-5-6-10(7-9-4)8(2)3/h8-9H,5-7H2,1-4H3. The summed E-state index contributed by atoms with van der Waals surface area (Å²) in [5.74, 6) is 0. The van der Waals surface area contributed by atoms with Crippen LogP contribution >= 0.6 is 0 Å². The smallest absolute Gasteiger partial charge is 0.0480 e. The maximum atomic E-state index is 3.16. The molecule has 0 aromatic rings. The molecule has 0 fully saturated rings. The average molecular weight is 144 g/mol. The lowest BCUT2D eigenvalue weighted by Crippen LogP contribution is -2.38. The van der Waals surface area contributed by atoms with E-state index in [0.29, 0.717) is 6.04 Å². The minimum Gasteiger partial charge on any atom is -0.307 e. The van der Waals surface area contributed by atoms with Gasteiger partial charge in [-0.15, -0.1) is 0 Å². The molecule has 0 saturated carbocycles. The van der Waals surface area contributed by atoms with Crippen LogP contribution in [0.15, 0.2) is 0 Å². The van der Waals surface area contributed by atoms with Crippen LogP contribution in [0.3, 0.4) is 0 Å². The second kappa shape index (κ2) is 5.69. The van der Waals surface area contributed by atoms with Gasteiger partial charge in [0.05, 0.1) is 0 Å². The Kier molecular flexibility index (Phi) is 5.64.